The van der Waals surface area contributed by atoms with E-state index < -0.39 is 0 Å². The number of nitrogen functional groups attached to an aromatic ring is 1. The number of hydrogen-bond donors (Lipinski definition) is 2. The minimum absolute atomic E-state index is 0.330. The van der Waals surface area contributed by atoms with Gasteiger partial charge in [0.05, 0.1) is 0 Å². The molecule has 1 aromatic heterocycles. The van der Waals surface area contributed by atoms with Crippen molar-refractivity contribution in [1.29, 1.82) is 0 Å². The van der Waals surface area contributed by atoms with Crippen LogP contribution in [0, 0.1) is 6.92 Å². The largest absolute Gasteiger partial charge is 0.423 e. The van der Waals surface area contributed by atoms with E-state index in [-0.39, 0.29) is 5.63 Å². The molecular formula is C10H10N2O2. The summed E-state index contributed by atoms with van der Waals surface area (Å²) in [7, 11) is 0. The van der Waals surface area contributed by atoms with E-state index in [0.717, 1.165) is 16.6 Å². The molecule has 0 radical (unpaired) electrons. The molecule has 2 aromatic rings. The Hall–Kier alpha value is -1.81. The number of hydrazine groups is 1. The van der Waals surface area contributed by atoms with Gasteiger partial charge in [0.25, 0.3) is 0 Å². The summed E-state index contributed by atoms with van der Waals surface area (Å²) in [5, 5.41) is 0.889. The molecule has 1 aromatic carbocycles. The Morgan fingerprint density at radius 3 is 2.86 bits per heavy atom. The van der Waals surface area contributed by atoms with Crippen LogP contribution in [0.1, 0.15) is 5.56 Å². The molecular weight excluding hydrogens is 180 g/mol. The first-order valence-electron chi connectivity index (χ1n) is 4.22. The molecule has 0 spiro atoms. The van der Waals surface area contributed by atoms with Crippen molar-refractivity contribution in [2.75, 3.05) is 5.43 Å². The molecule has 3 N–H and O–H groups in total. The van der Waals surface area contributed by atoms with Crippen molar-refractivity contribution in [1.82, 2.24) is 0 Å². The normalized spacial score (nSPS) is 10.4. The van der Waals surface area contributed by atoms with Crippen LogP contribution in [0.25, 0.3) is 11.0 Å². The van der Waals surface area contributed by atoms with Crippen LogP contribution in [0.2, 0.25) is 0 Å². The highest BCUT2D eigenvalue weighted by Gasteiger charge is 2.02. The van der Waals surface area contributed by atoms with Crippen LogP contribution in [-0.2, 0) is 0 Å². The Bertz CT molecular complexity index is 531. The van der Waals surface area contributed by atoms with Crippen LogP contribution in [0.3, 0.4) is 0 Å². The summed E-state index contributed by atoms with van der Waals surface area (Å²) < 4.78 is 5.02. The van der Waals surface area contributed by atoms with E-state index in [1.54, 1.807) is 12.1 Å². The van der Waals surface area contributed by atoms with Gasteiger partial charge in [-0.2, -0.15) is 0 Å². The molecule has 0 amide bonds. The maximum absolute atomic E-state index is 11.1. The van der Waals surface area contributed by atoms with Gasteiger partial charge in [-0.25, -0.2) is 4.79 Å². The van der Waals surface area contributed by atoms with Crippen LogP contribution in [-0.4, -0.2) is 0 Å². The molecule has 0 atom stereocenters. The topological polar surface area (TPSA) is 68.3 Å². The maximum Gasteiger partial charge on any atom is 0.336 e. The highest BCUT2D eigenvalue weighted by atomic mass is 16.4. The number of anilines is 1. The Labute approximate surface area is 80.3 Å². The zero-order valence-electron chi connectivity index (χ0n) is 7.70. The quantitative estimate of drug-likeness (QED) is 0.405. The molecule has 0 saturated carbocycles. The molecule has 0 fully saturated rings. The van der Waals surface area contributed by atoms with Gasteiger partial charge in [0.1, 0.15) is 5.58 Å². The molecule has 0 bridgehead atoms. The van der Waals surface area contributed by atoms with Gasteiger partial charge >= 0.3 is 5.63 Å². The van der Waals surface area contributed by atoms with Gasteiger partial charge in [-0.15, -0.1) is 0 Å². The summed E-state index contributed by atoms with van der Waals surface area (Å²) >= 11 is 0. The number of nitrogens with two attached hydrogens (primary N) is 1. The standard InChI is InChI=1S/C10H10N2O2/c1-6-4-10(13)14-9-3-2-7(12-11)5-8(6)9/h2-5,12H,11H2,1H3. The smallest absolute Gasteiger partial charge is 0.336 e. The van der Waals surface area contributed by atoms with Crippen molar-refractivity contribution in [2.24, 2.45) is 5.84 Å². The van der Waals surface area contributed by atoms with Crippen molar-refractivity contribution in [3.63, 3.8) is 0 Å². The van der Waals surface area contributed by atoms with Gasteiger partial charge in [-0.05, 0) is 30.7 Å². The summed E-state index contributed by atoms with van der Waals surface area (Å²) in [5.41, 5.74) is 4.46. The Kier molecular flexibility index (Phi) is 1.98. The van der Waals surface area contributed by atoms with Crippen molar-refractivity contribution >= 4 is 16.7 Å². The average Bonchev–Trinajstić information content (AvgIpc) is 2.17. The number of rotatable bonds is 1. The van der Waals surface area contributed by atoms with Gasteiger partial charge in [-0.1, -0.05) is 0 Å². The number of nitrogens with one attached hydrogen (secondary N) is 1. The van der Waals surface area contributed by atoms with Gasteiger partial charge < -0.3 is 9.84 Å². The molecule has 0 aliphatic rings. The van der Waals surface area contributed by atoms with E-state index in [2.05, 4.69) is 5.43 Å². The number of fused-ring (bicyclic) bond motifs is 1. The van der Waals surface area contributed by atoms with Crippen molar-refractivity contribution in [2.45, 2.75) is 6.92 Å². The second-order valence-corrected chi connectivity index (χ2v) is 3.10. The lowest BCUT2D eigenvalue weighted by atomic mass is 10.1. The second-order valence-electron chi connectivity index (χ2n) is 3.10. The van der Waals surface area contributed by atoms with E-state index in [1.807, 2.05) is 13.0 Å². The number of benzene rings is 1. The fourth-order valence-electron chi connectivity index (χ4n) is 1.41. The highest BCUT2D eigenvalue weighted by molar-refractivity contribution is 5.83. The fourth-order valence-corrected chi connectivity index (χ4v) is 1.41. The first-order valence-corrected chi connectivity index (χ1v) is 4.22. The summed E-state index contributed by atoms with van der Waals surface area (Å²) in [6.45, 7) is 1.86. The predicted octanol–water partition coefficient (Wildman–Crippen LogP) is 1.39. The first-order chi connectivity index (χ1) is 6.70. The highest BCUT2D eigenvalue weighted by Crippen LogP contribution is 2.19. The van der Waals surface area contributed by atoms with Gasteiger partial charge in [0, 0.05) is 17.1 Å². The molecule has 4 nitrogen and oxygen atoms in total. The lowest BCUT2D eigenvalue weighted by molar-refractivity contribution is 0.560. The monoisotopic (exact) mass is 190 g/mol. The Morgan fingerprint density at radius 2 is 2.14 bits per heavy atom. The lowest BCUT2D eigenvalue weighted by Gasteiger charge is -2.03. The van der Waals surface area contributed by atoms with E-state index in [4.69, 9.17) is 10.3 Å². The second kappa shape index (κ2) is 3.16. The fraction of sp³-hybridized carbons (Fsp3) is 0.100. The molecule has 0 unspecified atom stereocenters. The zero-order chi connectivity index (χ0) is 10.1. The van der Waals surface area contributed by atoms with Crippen LogP contribution >= 0.6 is 0 Å². The third kappa shape index (κ3) is 1.36. The molecule has 0 aliphatic carbocycles. The van der Waals surface area contributed by atoms with Crippen LogP contribution < -0.4 is 16.9 Å². The van der Waals surface area contributed by atoms with Gasteiger partial charge in [0.15, 0.2) is 0 Å². The summed E-state index contributed by atoms with van der Waals surface area (Å²) in [5.74, 6) is 5.28. The summed E-state index contributed by atoms with van der Waals surface area (Å²) in [6.07, 6.45) is 0. The van der Waals surface area contributed by atoms with Crippen LogP contribution in [0.15, 0.2) is 33.5 Å². The van der Waals surface area contributed by atoms with E-state index >= 15 is 0 Å². The third-order valence-corrected chi connectivity index (χ3v) is 2.12. The molecule has 0 saturated heterocycles. The van der Waals surface area contributed by atoms with Crippen LogP contribution in [0.5, 0.6) is 0 Å². The molecule has 4 heteroatoms. The van der Waals surface area contributed by atoms with Gasteiger partial charge in [0.2, 0.25) is 0 Å². The van der Waals surface area contributed by atoms with Crippen LogP contribution in [0.4, 0.5) is 5.69 Å². The Morgan fingerprint density at radius 1 is 1.36 bits per heavy atom. The summed E-state index contributed by atoms with van der Waals surface area (Å²) in [4.78, 5) is 11.1. The molecule has 0 aliphatic heterocycles. The summed E-state index contributed by atoms with van der Waals surface area (Å²) in [6, 6.07) is 6.78. The minimum atomic E-state index is -0.330. The maximum atomic E-state index is 11.1. The number of aryl methyl sites for hydroxylation is 1. The van der Waals surface area contributed by atoms with E-state index in [0.29, 0.717) is 5.58 Å². The predicted molar refractivity (Wildman–Crippen MR) is 55.0 cm³/mol. The van der Waals surface area contributed by atoms with Gasteiger partial charge in [-0.3, -0.25) is 5.84 Å². The SMILES string of the molecule is Cc1cc(=O)oc2ccc(NN)cc12. The molecule has 14 heavy (non-hydrogen) atoms. The van der Waals surface area contributed by atoms with Crippen molar-refractivity contribution in [3.8, 4) is 0 Å². The molecule has 2 rings (SSSR count). The minimum Gasteiger partial charge on any atom is -0.423 e. The van der Waals surface area contributed by atoms with Crippen molar-refractivity contribution < 1.29 is 4.42 Å². The molecule has 72 valence electrons. The number of hydrogen-bond acceptors (Lipinski definition) is 4. The first kappa shape index (κ1) is 8.77. The zero-order valence-corrected chi connectivity index (χ0v) is 7.70. The van der Waals surface area contributed by atoms with E-state index in [9.17, 15) is 4.79 Å². The average molecular weight is 190 g/mol. The lowest BCUT2D eigenvalue weighted by Crippen LogP contribution is -2.06. The third-order valence-electron chi connectivity index (χ3n) is 2.12. The molecule has 1 heterocycles. The Balaban J connectivity index is 2.82. The van der Waals surface area contributed by atoms with E-state index in [1.165, 1.54) is 6.07 Å². The van der Waals surface area contributed by atoms with Crippen molar-refractivity contribution in [3.05, 3.63) is 40.2 Å².